The first kappa shape index (κ1) is 24.7. The summed E-state index contributed by atoms with van der Waals surface area (Å²) in [4.78, 5) is 13.0. The van der Waals surface area contributed by atoms with Gasteiger partial charge in [-0.2, -0.15) is 0 Å². The zero-order valence-corrected chi connectivity index (χ0v) is 21.2. The Kier molecular flexibility index (Phi) is 6.74. The highest BCUT2D eigenvalue weighted by Crippen LogP contribution is 2.49. The summed E-state index contributed by atoms with van der Waals surface area (Å²) in [5, 5.41) is 22.8. The number of nitrogens with one attached hydrogen (secondary N) is 1. The number of fused-ring (bicyclic) bond motifs is 1. The molecule has 3 N–H and O–H groups in total. The number of benzene rings is 3. The number of furan rings is 1. The minimum absolute atomic E-state index is 0.188. The SMILES string of the molecule is CNC(=O)c1c(-c2ccc(Cl)cc2)oc2cc(N(SC)c3ccc(B(O)O)c(F)c3)c(C3CC3)cc12. The van der Waals surface area contributed by atoms with E-state index in [1.807, 2.05) is 34.8 Å². The van der Waals surface area contributed by atoms with Gasteiger partial charge >= 0.3 is 7.12 Å². The maximum atomic E-state index is 14.6. The van der Waals surface area contributed by atoms with Gasteiger partial charge in [-0.15, -0.1) is 0 Å². The molecule has 3 aromatic carbocycles. The van der Waals surface area contributed by atoms with E-state index in [9.17, 15) is 19.2 Å². The second-order valence-electron chi connectivity index (χ2n) is 8.63. The van der Waals surface area contributed by atoms with E-state index in [0.717, 1.165) is 29.7 Å². The fourth-order valence-corrected chi connectivity index (χ4v) is 5.20. The molecule has 1 aliphatic rings. The lowest BCUT2D eigenvalue weighted by Crippen LogP contribution is -2.32. The Morgan fingerprint density at radius 3 is 2.47 bits per heavy atom. The van der Waals surface area contributed by atoms with E-state index in [-0.39, 0.29) is 11.4 Å². The number of carbonyl (C=O) groups is 1. The van der Waals surface area contributed by atoms with Gasteiger partial charge in [0.1, 0.15) is 17.2 Å². The molecule has 6 nitrogen and oxygen atoms in total. The summed E-state index contributed by atoms with van der Waals surface area (Å²) in [6.45, 7) is 0. The van der Waals surface area contributed by atoms with Gasteiger partial charge < -0.3 is 19.8 Å². The van der Waals surface area contributed by atoms with Crippen molar-refractivity contribution < 1.29 is 23.7 Å². The van der Waals surface area contributed by atoms with Crippen LogP contribution in [0.4, 0.5) is 15.8 Å². The Balaban J connectivity index is 1.70. The van der Waals surface area contributed by atoms with E-state index in [2.05, 4.69) is 5.32 Å². The molecular weight excluding hydrogens is 502 g/mol. The van der Waals surface area contributed by atoms with Crippen molar-refractivity contribution >= 4 is 64.4 Å². The Hall–Kier alpha value is -2.98. The van der Waals surface area contributed by atoms with Crippen molar-refractivity contribution in [3.8, 4) is 11.3 Å². The van der Waals surface area contributed by atoms with Gasteiger partial charge in [0.15, 0.2) is 0 Å². The van der Waals surface area contributed by atoms with Crippen LogP contribution >= 0.6 is 23.5 Å². The molecule has 5 rings (SSSR count). The standard InChI is InChI=1S/C26H23BClFN2O4S/c1-30-26(32)24-19-12-18(14-3-4-14)22(13-23(19)35-25(24)15-5-7-16(28)8-6-15)31(36-2)17-9-10-20(27(33)34)21(29)11-17/h5-14,33-34H,3-4H2,1-2H3,(H,30,32). The van der Waals surface area contributed by atoms with Crippen molar-refractivity contribution in [1.29, 1.82) is 0 Å². The minimum atomic E-state index is -1.89. The second-order valence-corrected chi connectivity index (χ2v) is 9.80. The van der Waals surface area contributed by atoms with E-state index in [1.165, 1.54) is 24.1 Å². The molecule has 1 saturated carbocycles. The molecule has 36 heavy (non-hydrogen) atoms. The third-order valence-electron chi connectivity index (χ3n) is 6.31. The van der Waals surface area contributed by atoms with E-state index in [1.54, 1.807) is 25.2 Å². The number of rotatable bonds is 7. The first-order valence-electron chi connectivity index (χ1n) is 11.4. The van der Waals surface area contributed by atoms with Crippen LogP contribution < -0.4 is 15.1 Å². The molecule has 184 valence electrons. The van der Waals surface area contributed by atoms with Crippen molar-refractivity contribution in [3.05, 3.63) is 76.6 Å². The van der Waals surface area contributed by atoms with Crippen LogP contribution in [0.1, 0.15) is 34.7 Å². The van der Waals surface area contributed by atoms with Gasteiger partial charge in [0.2, 0.25) is 0 Å². The van der Waals surface area contributed by atoms with Crippen LogP contribution in [0.2, 0.25) is 5.02 Å². The Morgan fingerprint density at radius 1 is 1.17 bits per heavy atom. The highest BCUT2D eigenvalue weighted by Gasteiger charge is 2.32. The maximum Gasteiger partial charge on any atom is 0.491 e. The Labute approximate surface area is 217 Å². The molecule has 0 radical (unpaired) electrons. The van der Waals surface area contributed by atoms with Gasteiger partial charge in [-0.05, 0) is 78.7 Å². The van der Waals surface area contributed by atoms with Crippen LogP contribution in [0.25, 0.3) is 22.3 Å². The summed E-state index contributed by atoms with van der Waals surface area (Å²) >= 11 is 7.46. The van der Waals surface area contributed by atoms with E-state index >= 15 is 0 Å². The molecule has 0 aliphatic heterocycles. The lowest BCUT2D eigenvalue weighted by Gasteiger charge is -2.25. The number of halogens is 2. The largest absolute Gasteiger partial charge is 0.491 e. The van der Waals surface area contributed by atoms with E-state index in [0.29, 0.717) is 38.9 Å². The molecule has 1 amide bonds. The summed E-state index contributed by atoms with van der Waals surface area (Å²) in [6.07, 6.45) is 3.91. The molecule has 0 bridgehead atoms. The van der Waals surface area contributed by atoms with Gasteiger partial charge in [-0.3, -0.25) is 9.10 Å². The van der Waals surface area contributed by atoms with Gasteiger partial charge in [0, 0.05) is 40.8 Å². The lowest BCUT2D eigenvalue weighted by atomic mass is 9.80. The van der Waals surface area contributed by atoms with Crippen LogP contribution in [0.3, 0.4) is 0 Å². The monoisotopic (exact) mass is 524 g/mol. The highest BCUT2D eigenvalue weighted by molar-refractivity contribution is 8.00. The fraction of sp³-hybridized carbons (Fsp3) is 0.192. The van der Waals surface area contributed by atoms with Crippen molar-refractivity contribution in [1.82, 2.24) is 5.32 Å². The molecule has 10 heteroatoms. The molecule has 0 saturated heterocycles. The van der Waals surface area contributed by atoms with Crippen LogP contribution in [0.5, 0.6) is 0 Å². The normalized spacial score (nSPS) is 13.2. The number of carbonyl (C=O) groups excluding carboxylic acids is 1. The summed E-state index contributed by atoms with van der Waals surface area (Å²) < 4.78 is 22.8. The first-order valence-corrected chi connectivity index (χ1v) is 13.0. The maximum absolute atomic E-state index is 14.6. The van der Waals surface area contributed by atoms with Crippen LogP contribution in [-0.2, 0) is 0 Å². The topological polar surface area (TPSA) is 85.9 Å². The smallest absolute Gasteiger partial charge is 0.455 e. The number of amides is 1. The average molecular weight is 525 g/mol. The highest BCUT2D eigenvalue weighted by atomic mass is 35.5. The van der Waals surface area contributed by atoms with Crippen molar-refractivity contribution in [3.63, 3.8) is 0 Å². The van der Waals surface area contributed by atoms with Gasteiger partial charge in [0.05, 0.1) is 16.9 Å². The van der Waals surface area contributed by atoms with E-state index in [4.69, 9.17) is 16.0 Å². The van der Waals surface area contributed by atoms with Crippen molar-refractivity contribution in [2.24, 2.45) is 0 Å². The molecule has 1 fully saturated rings. The third-order valence-corrected chi connectivity index (χ3v) is 7.34. The predicted molar refractivity (Wildman–Crippen MR) is 144 cm³/mol. The molecule has 0 unspecified atom stereocenters. The number of nitrogens with zero attached hydrogens (tertiary/aromatic N) is 1. The fourth-order valence-electron chi connectivity index (χ4n) is 4.40. The van der Waals surface area contributed by atoms with Crippen molar-refractivity contribution in [2.75, 3.05) is 17.6 Å². The number of anilines is 2. The molecule has 1 aliphatic carbocycles. The van der Waals surface area contributed by atoms with Gasteiger partial charge in [-0.1, -0.05) is 17.7 Å². The molecular formula is C26H23BClFN2O4S. The zero-order valence-electron chi connectivity index (χ0n) is 19.6. The summed E-state index contributed by atoms with van der Waals surface area (Å²) in [7, 11) is -0.308. The molecule has 0 atom stereocenters. The van der Waals surface area contributed by atoms with E-state index < -0.39 is 12.9 Å². The summed E-state index contributed by atoms with van der Waals surface area (Å²) in [5.74, 6) is -0.201. The van der Waals surface area contributed by atoms with Crippen LogP contribution in [-0.4, -0.2) is 36.4 Å². The first-order chi connectivity index (χ1) is 17.3. The zero-order chi connectivity index (χ0) is 25.6. The number of hydrogen-bond donors (Lipinski definition) is 3. The Morgan fingerprint density at radius 2 is 1.89 bits per heavy atom. The predicted octanol–water partition coefficient (Wildman–Crippen LogP) is 5.23. The minimum Gasteiger partial charge on any atom is -0.455 e. The second kappa shape index (κ2) is 9.82. The molecule has 1 aromatic heterocycles. The number of hydrogen-bond acceptors (Lipinski definition) is 6. The van der Waals surface area contributed by atoms with Crippen LogP contribution in [0, 0.1) is 5.82 Å². The van der Waals surface area contributed by atoms with Crippen LogP contribution in [0.15, 0.2) is 59.0 Å². The van der Waals surface area contributed by atoms with Gasteiger partial charge in [-0.25, -0.2) is 4.39 Å². The third kappa shape index (κ3) is 4.48. The quantitative estimate of drug-likeness (QED) is 0.227. The summed E-state index contributed by atoms with van der Waals surface area (Å²) in [6, 6.07) is 15.3. The van der Waals surface area contributed by atoms with Crippen molar-refractivity contribution in [2.45, 2.75) is 18.8 Å². The molecule has 0 spiro atoms. The lowest BCUT2D eigenvalue weighted by molar-refractivity contribution is 0.0964. The Bertz CT molecular complexity index is 1460. The average Bonchev–Trinajstić information content (AvgIpc) is 3.64. The van der Waals surface area contributed by atoms with Gasteiger partial charge in [0.25, 0.3) is 5.91 Å². The molecule has 4 aromatic rings. The summed E-state index contributed by atoms with van der Waals surface area (Å²) in [5.41, 5.74) is 3.93. The molecule has 1 heterocycles.